The first-order valence-electron chi connectivity index (χ1n) is 4.85. The third kappa shape index (κ3) is 1.31. The quantitative estimate of drug-likeness (QED) is 0.766. The fraction of sp³-hybridized carbons (Fsp3) is 0.667. The summed E-state index contributed by atoms with van der Waals surface area (Å²) in [6.07, 6.45) is 3.21. The summed E-state index contributed by atoms with van der Waals surface area (Å²) in [6, 6.07) is 0. The number of H-pyrrole nitrogens is 1. The van der Waals surface area contributed by atoms with Gasteiger partial charge in [0.05, 0.1) is 17.3 Å². The van der Waals surface area contributed by atoms with Crippen molar-refractivity contribution >= 4 is 11.8 Å². The number of imidazole rings is 1. The van der Waals surface area contributed by atoms with Gasteiger partial charge in [0.1, 0.15) is 5.82 Å². The smallest absolute Gasteiger partial charge is 0.261 e. The Morgan fingerprint density at radius 2 is 2.40 bits per heavy atom. The van der Waals surface area contributed by atoms with E-state index in [0.717, 1.165) is 0 Å². The molecule has 2 aliphatic heterocycles. The van der Waals surface area contributed by atoms with E-state index >= 15 is 0 Å². The third-order valence-corrected chi connectivity index (χ3v) is 4.73. The second kappa shape index (κ2) is 2.95. The van der Waals surface area contributed by atoms with Crippen molar-refractivity contribution in [2.24, 2.45) is 0 Å². The van der Waals surface area contributed by atoms with Crippen LogP contribution in [0.1, 0.15) is 12.2 Å². The van der Waals surface area contributed by atoms with Crippen molar-refractivity contribution in [3.63, 3.8) is 0 Å². The molecule has 2 aliphatic rings. The molecule has 0 aliphatic carbocycles. The molecule has 2 saturated heterocycles. The van der Waals surface area contributed by atoms with E-state index in [1.54, 1.807) is 24.2 Å². The van der Waals surface area contributed by atoms with E-state index in [4.69, 9.17) is 0 Å². The van der Waals surface area contributed by atoms with Crippen molar-refractivity contribution in [2.75, 3.05) is 12.3 Å². The van der Waals surface area contributed by atoms with Gasteiger partial charge >= 0.3 is 0 Å². The lowest BCUT2D eigenvalue weighted by Crippen LogP contribution is -2.65. The van der Waals surface area contributed by atoms with Gasteiger partial charge in [0.15, 0.2) is 0 Å². The number of aromatic nitrogens is 2. The molecule has 15 heavy (non-hydrogen) atoms. The van der Waals surface area contributed by atoms with Crippen LogP contribution in [0.15, 0.2) is 12.4 Å². The van der Waals surface area contributed by atoms with Crippen molar-refractivity contribution in [2.45, 2.75) is 23.1 Å². The zero-order valence-electron chi connectivity index (χ0n) is 7.96. The summed E-state index contributed by atoms with van der Waals surface area (Å²) in [6.45, 7) is -0.215. The summed E-state index contributed by atoms with van der Waals surface area (Å²) < 4.78 is 26.8. The van der Waals surface area contributed by atoms with Crippen LogP contribution in [0, 0.1) is 0 Å². The first kappa shape index (κ1) is 9.59. The molecule has 3 nitrogen and oxygen atoms in total. The molecule has 2 fully saturated rings. The molecule has 2 atom stereocenters. The zero-order valence-corrected chi connectivity index (χ0v) is 8.78. The molecule has 82 valence electrons. The number of alkyl halides is 2. The first-order valence-corrected chi connectivity index (χ1v) is 5.90. The number of piperidine rings is 1. The predicted octanol–water partition coefficient (Wildman–Crippen LogP) is 1.35. The molecule has 1 aromatic rings. The zero-order chi connectivity index (χ0) is 10.5. The van der Waals surface area contributed by atoms with E-state index < -0.39 is 11.3 Å². The van der Waals surface area contributed by atoms with Gasteiger partial charge in [0, 0.05) is 24.6 Å². The Morgan fingerprint density at radius 1 is 1.53 bits per heavy atom. The minimum atomic E-state index is -2.62. The van der Waals surface area contributed by atoms with Gasteiger partial charge in [-0.2, -0.15) is 0 Å². The van der Waals surface area contributed by atoms with Gasteiger partial charge < -0.3 is 4.98 Å². The average Bonchev–Trinajstić information content (AvgIpc) is 2.63. The maximum atomic E-state index is 13.4. The lowest BCUT2D eigenvalue weighted by atomic mass is 9.78. The first-order chi connectivity index (χ1) is 7.12. The van der Waals surface area contributed by atoms with Crippen LogP contribution in [0.2, 0.25) is 0 Å². The van der Waals surface area contributed by atoms with Crippen LogP contribution in [-0.2, 0) is 5.41 Å². The molecule has 2 N–H and O–H groups in total. The maximum absolute atomic E-state index is 13.4. The SMILES string of the molecule is FC1(F)CNC2SCC2(c2ncc[nH]2)C1. The van der Waals surface area contributed by atoms with Gasteiger partial charge in [-0.05, 0) is 0 Å². The van der Waals surface area contributed by atoms with Crippen LogP contribution < -0.4 is 5.32 Å². The van der Waals surface area contributed by atoms with E-state index in [0.29, 0.717) is 11.6 Å². The molecular formula is C9H11F2N3S. The summed E-state index contributed by atoms with van der Waals surface area (Å²) in [5, 5.41) is 2.98. The molecule has 0 saturated carbocycles. The number of nitrogens with zero attached hydrogens (tertiary/aromatic N) is 1. The molecule has 3 heterocycles. The van der Waals surface area contributed by atoms with Gasteiger partial charge in [0.2, 0.25) is 0 Å². The number of hydrogen-bond donors (Lipinski definition) is 2. The van der Waals surface area contributed by atoms with Gasteiger partial charge in [-0.1, -0.05) is 0 Å². The highest BCUT2D eigenvalue weighted by molar-refractivity contribution is 8.01. The van der Waals surface area contributed by atoms with Crippen LogP contribution in [0.3, 0.4) is 0 Å². The molecule has 0 spiro atoms. The maximum Gasteiger partial charge on any atom is 0.261 e. The lowest BCUT2D eigenvalue weighted by molar-refractivity contribution is -0.0533. The third-order valence-electron chi connectivity index (χ3n) is 3.10. The highest BCUT2D eigenvalue weighted by Gasteiger charge is 2.59. The van der Waals surface area contributed by atoms with E-state index in [2.05, 4.69) is 15.3 Å². The van der Waals surface area contributed by atoms with E-state index in [9.17, 15) is 8.78 Å². The molecule has 0 radical (unpaired) electrons. The summed E-state index contributed by atoms with van der Waals surface area (Å²) in [5.74, 6) is -1.21. The summed E-state index contributed by atoms with van der Waals surface area (Å²) >= 11 is 1.68. The fourth-order valence-electron chi connectivity index (χ4n) is 2.35. The van der Waals surface area contributed by atoms with Crippen molar-refractivity contribution in [3.05, 3.63) is 18.2 Å². The lowest BCUT2D eigenvalue weighted by Gasteiger charge is -2.52. The Bertz CT molecular complexity index is 367. The van der Waals surface area contributed by atoms with Crippen molar-refractivity contribution in [3.8, 4) is 0 Å². The number of rotatable bonds is 1. The minimum absolute atomic E-state index is 0.0864. The van der Waals surface area contributed by atoms with E-state index in [1.807, 2.05) is 0 Å². The molecule has 1 aromatic heterocycles. The molecule has 0 bridgehead atoms. The standard InChI is InChI=1S/C9H11F2N3S/c10-9(11)3-8(6-12-1-2-13-6)5-15-7(8)14-4-9/h1-2,7,14H,3-5H2,(H,12,13). The van der Waals surface area contributed by atoms with Gasteiger partial charge in [-0.3, -0.25) is 5.32 Å². The Morgan fingerprint density at radius 3 is 3.00 bits per heavy atom. The van der Waals surface area contributed by atoms with E-state index in [1.165, 1.54) is 0 Å². The van der Waals surface area contributed by atoms with Crippen molar-refractivity contribution in [1.29, 1.82) is 0 Å². The summed E-state index contributed by atoms with van der Waals surface area (Å²) in [4.78, 5) is 7.11. The van der Waals surface area contributed by atoms with Crippen LogP contribution >= 0.6 is 11.8 Å². The summed E-state index contributed by atoms with van der Waals surface area (Å²) in [7, 11) is 0. The molecular weight excluding hydrogens is 220 g/mol. The molecule has 6 heteroatoms. The summed E-state index contributed by atoms with van der Waals surface area (Å²) in [5.41, 5.74) is -0.490. The van der Waals surface area contributed by atoms with Gasteiger partial charge in [0.25, 0.3) is 5.92 Å². The number of nitrogens with one attached hydrogen (secondary N) is 2. The van der Waals surface area contributed by atoms with Gasteiger partial charge in [-0.15, -0.1) is 11.8 Å². The minimum Gasteiger partial charge on any atom is -0.348 e. The second-order valence-corrected chi connectivity index (χ2v) is 5.29. The molecule has 3 rings (SSSR count). The highest BCUT2D eigenvalue weighted by atomic mass is 32.2. The fourth-order valence-corrected chi connectivity index (χ4v) is 3.72. The van der Waals surface area contributed by atoms with Gasteiger partial charge in [-0.25, -0.2) is 13.8 Å². The molecule has 0 aromatic carbocycles. The van der Waals surface area contributed by atoms with Crippen LogP contribution in [-0.4, -0.2) is 33.6 Å². The monoisotopic (exact) mass is 231 g/mol. The normalized spacial score (nSPS) is 38.1. The Hall–Kier alpha value is -0.620. The molecule has 0 amide bonds. The predicted molar refractivity (Wildman–Crippen MR) is 54.1 cm³/mol. The largest absolute Gasteiger partial charge is 0.348 e. The van der Waals surface area contributed by atoms with Crippen LogP contribution in [0.25, 0.3) is 0 Å². The Balaban J connectivity index is 1.96. The van der Waals surface area contributed by atoms with Crippen molar-refractivity contribution in [1.82, 2.24) is 15.3 Å². The van der Waals surface area contributed by atoms with Crippen molar-refractivity contribution < 1.29 is 8.78 Å². The highest BCUT2D eigenvalue weighted by Crippen LogP contribution is 2.53. The average molecular weight is 231 g/mol. The Labute approximate surface area is 90.0 Å². The second-order valence-electron chi connectivity index (χ2n) is 4.20. The number of fused-ring (bicyclic) bond motifs is 1. The Kier molecular flexibility index (Phi) is 1.88. The number of thioether (sulfide) groups is 1. The number of halogens is 2. The number of hydrogen-bond acceptors (Lipinski definition) is 3. The van der Waals surface area contributed by atoms with Crippen LogP contribution in [0.4, 0.5) is 8.78 Å². The molecule has 2 unspecified atom stereocenters. The number of aromatic amines is 1. The topological polar surface area (TPSA) is 40.7 Å². The van der Waals surface area contributed by atoms with Crippen LogP contribution in [0.5, 0.6) is 0 Å². The van der Waals surface area contributed by atoms with E-state index in [-0.39, 0.29) is 18.3 Å².